The molecule has 2 fully saturated rings. The molecule has 2 aliphatic rings. The molecule has 0 bridgehead atoms. The number of carbonyl (C=O) groups is 4. The van der Waals surface area contributed by atoms with Gasteiger partial charge in [-0.05, 0) is 190 Å². The van der Waals surface area contributed by atoms with Crippen molar-refractivity contribution in [3.05, 3.63) is 295 Å². The molecule has 0 aliphatic carbocycles. The highest BCUT2D eigenvalue weighted by Crippen LogP contribution is 2.36. The number of fused-ring (bicyclic) bond motifs is 12. The number of nitrogens with zero attached hydrogens (tertiary/aromatic N) is 17. The van der Waals surface area contributed by atoms with Crippen LogP contribution in [0.2, 0.25) is 0 Å². The van der Waals surface area contributed by atoms with Crippen LogP contribution < -0.4 is 5.73 Å². The van der Waals surface area contributed by atoms with E-state index in [1.165, 1.54) is 6.42 Å². The zero-order chi connectivity index (χ0) is 94.4. The van der Waals surface area contributed by atoms with Crippen molar-refractivity contribution in [1.82, 2.24) is 141 Å². The summed E-state index contributed by atoms with van der Waals surface area (Å²) in [5, 5.41) is 49.6. The highest BCUT2D eigenvalue weighted by Gasteiger charge is 2.26. The molecule has 2 aliphatic heterocycles. The van der Waals surface area contributed by atoms with Gasteiger partial charge in [0.2, 0.25) is 5.91 Å². The fourth-order valence-electron chi connectivity index (χ4n) is 16.8. The summed E-state index contributed by atoms with van der Waals surface area (Å²) in [6.07, 6.45) is 3.63. The zero-order valence-electron chi connectivity index (χ0n) is 74.3. The maximum absolute atomic E-state index is 12.9. The molecule has 26 rings (SSSR count). The largest absolute Gasteiger partial charge is 0.373 e. The molecule has 0 radical (unpaired) electrons. The smallest absolute Gasteiger partial charge is 0.366 e. The van der Waals surface area contributed by atoms with Gasteiger partial charge in [-0.3, -0.25) is 49.8 Å². The van der Waals surface area contributed by atoms with Crippen molar-refractivity contribution in [2.75, 3.05) is 60.4 Å². The number of primary amides is 1. The van der Waals surface area contributed by atoms with Gasteiger partial charge in [-0.25, -0.2) is 34.7 Å². The predicted octanol–water partition coefficient (Wildman–Crippen LogP) is 17.4. The van der Waals surface area contributed by atoms with Crippen LogP contribution in [-0.4, -0.2) is 231 Å². The van der Waals surface area contributed by atoms with Gasteiger partial charge >= 0.3 is 6.15 Å². The van der Waals surface area contributed by atoms with Crippen LogP contribution in [0.1, 0.15) is 60.7 Å². The van der Waals surface area contributed by atoms with Crippen molar-refractivity contribution in [1.29, 1.82) is 0 Å². The molecule has 0 atom stereocenters. The lowest BCUT2D eigenvalue weighted by molar-refractivity contribution is -0.191. The average molecular weight is 1830 g/mol. The molecular formula is C102H84N30O6. The van der Waals surface area contributed by atoms with Crippen molar-refractivity contribution in [2.45, 2.75) is 19.3 Å². The number of likely N-dealkylation sites (tertiary alicyclic amines) is 1. The predicted molar refractivity (Wildman–Crippen MR) is 528 cm³/mol. The normalized spacial score (nSPS) is 12.6. The van der Waals surface area contributed by atoms with Gasteiger partial charge in [-0.15, -0.1) is 0 Å². The van der Waals surface area contributed by atoms with Crippen LogP contribution in [-0.2, 0) is 9.59 Å². The summed E-state index contributed by atoms with van der Waals surface area (Å²) in [5.74, 6) is 3.93. The molecule has 0 saturated carbocycles. The van der Waals surface area contributed by atoms with E-state index in [4.69, 9.17) is 21.9 Å². The number of hydrogen-bond acceptors (Lipinski definition) is 19. The van der Waals surface area contributed by atoms with Gasteiger partial charge in [0.25, 0.3) is 17.7 Å². The topological polar surface area (TPSA) is 490 Å². The molecule has 36 heteroatoms. The van der Waals surface area contributed by atoms with E-state index in [-0.39, 0.29) is 23.9 Å². The van der Waals surface area contributed by atoms with Crippen molar-refractivity contribution < 1.29 is 28.8 Å². The second-order valence-electron chi connectivity index (χ2n) is 33.1. The third-order valence-corrected chi connectivity index (χ3v) is 23.9. The molecule has 12 aromatic heterocycles. The number of aromatic amines is 12. The molecule has 0 unspecified atom stereocenters. The number of para-hydroxylation sites is 13. The fraction of sp³-hybridized carbons (Fsp3) is 0.118. The number of likely N-dealkylation sites (N-methyl/N-ethyl adjacent to an activating group) is 1. The summed E-state index contributed by atoms with van der Waals surface area (Å²) in [7, 11) is 5.56. The van der Waals surface area contributed by atoms with Crippen molar-refractivity contribution in [2.24, 2.45) is 5.73 Å². The van der Waals surface area contributed by atoms with E-state index in [2.05, 4.69) is 138 Å². The monoisotopic (exact) mass is 1820 g/mol. The molecule has 14 N–H and O–H groups in total. The Morgan fingerprint density at radius 2 is 0.580 bits per heavy atom. The maximum Gasteiger partial charge on any atom is 0.373 e. The highest BCUT2D eigenvalue weighted by atomic mass is 16.2. The minimum atomic E-state index is -0.464. The summed E-state index contributed by atoms with van der Waals surface area (Å²) in [6.45, 7) is 12.1. The summed E-state index contributed by atoms with van der Waals surface area (Å²) < 4.78 is 0. The minimum absolute atomic E-state index is 0.0383. The minimum Gasteiger partial charge on any atom is -0.366 e. The van der Waals surface area contributed by atoms with Crippen molar-refractivity contribution in [3.8, 4) is 69.1 Å². The van der Waals surface area contributed by atoms with Crippen LogP contribution in [0, 0.1) is 6.57 Å². The first-order valence-electron chi connectivity index (χ1n) is 44.2. The number of piperazine rings is 1. The Morgan fingerprint density at radius 1 is 0.319 bits per heavy atom. The number of imidazole rings is 6. The first-order valence-corrected chi connectivity index (χ1v) is 44.2. The number of nitrogens with one attached hydrogen (secondary N) is 12. The Hall–Kier alpha value is -19.0. The first kappa shape index (κ1) is 87.0. The molecule has 12 aromatic carbocycles. The van der Waals surface area contributed by atoms with Gasteiger partial charge < -0.3 is 55.2 Å². The number of aromatic nitrogens is 24. The lowest BCUT2D eigenvalue weighted by atomic mass is 10.1. The van der Waals surface area contributed by atoms with Gasteiger partial charge in [-0.2, -0.15) is 40.2 Å². The third kappa shape index (κ3) is 17.8. The van der Waals surface area contributed by atoms with E-state index in [1.807, 2.05) is 240 Å². The molecule has 0 spiro atoms. The standard InChI is InChI=1S/C20H20N6O.C20H19N5O.C17H15N5O.C15H11N5O.C15H9N5.C14H10N4.CO2/c1-25-8-10-26(11-9-25)20(27)13-6-7-15-14(12-13)18(24-23-15)19-21-16-4-2-3-5-17(16)22-19;26-20(25-10-4-1-5-11-25)13-8-9-15-14(12-13)18(24-23-15)19-21-16-6-2-3-7-17(16)22-19;1-22(2)17(23)10-7-8-12-11(9-10)15(21-20-12)16-18-13-5-3-4-6-14(13)19-16;16-14(21)8-5-6-10-9(7-8)13(20-19-10)15-17-11-3-1-2-4-12(11)18-15;1-16-9-6-7-11-10(8-9)14(20-19-11)15-17-12-4-2-3-5-13(12)18-15;1-2-6-10-9(5-1)13(18-17-10)14-15-11-7-3-4-8-12(11)16-14;2-1-3/h2-7,12H,8-11H2,1H3,(H,21,22)(H,23,24);2-3,6-9,12H,1,4-5,10-11H2,(H,21,22)(H,23,24);3-9H,1-2H3,(H,18,19)(H,20,21);1-7H,(H2,16,21)(H,17,18)(H,19,20);2-8H,(H,17,18)(H,19,20);1-8H,(H,15,16)(H,17,18);. The average Bonchev–Trinajstić information content (AvgIpc) is 1.66. The van der Waals surface area contributed by atoms with Crippen LogP contribution in [0.5, 0.6) is 0 Å². The Balaban J connectivity index is 0.000000102. The zero-order valence-corrected chi connectivity index (χ0v) is 74.3. The van der Waals surface area contributed by atoms with E-state index < -0.39 is 5.91 Å². The molecule has 2 saturated heterocycles. The Bertz CT molecular complexity index is 8560. The molecule has 24 aromatic rings. The number of carbonyl (C=O) groups excluding carboxylic acids is 6. The molecule has 4 amide bonds. The highest BCUT2D eigenvalue weighted by molar-refractivity contribution is 6.06. The number of amides is 4. The molecule has 14 heterocycles. The van der Waals surface area contributed by atoms with E-state index in [1.54, 1.807) is 49.3 Å². The van der Waals surface area contributed by atoms with Crippen molar-refractivity contribution >= 4 is 167 Å². The van der Waals surface area contributed by atoms with E-state index >= 15 is 0 Å². The number of H-pyrrole nitrogens is 12. The summed E-state index contributed by atoms with van der Waals surface area (Å²) >= 11 is 0. The van der Waals surface area contributed by atoms with Crippen LogP contribution in [0.25, 0.3) is 206 Å². The number of piperidine rings is 1. The lowest BCUT2D eigenvalue weighted by Crippen LogP contribution is -2.47. The summed E-state index contributed by atoms with van der Waals surface area (Å²) in [5.41, 5.74) is 29.5. The SMILES string of the molecule is CN(C)C(=O)c1ccc2[nH]nc(-c3nc4ccccc4[nH]3)c2c1.CN1CCN(C(=O)c2ccc3[nH]nc(-c4nc5ccccc5[nH]4)c3c2)CC1.NC(=O)c1ccc2[nH]nc(-c3nc4ccccc4[nH]3)c2c1.O=C(c1ccc2[nH]nc(-c3nc4ccccc4[nH]3)c2c1)N1CCCCC1.O=C=O.[C-]#[N+]c1ccc2[nH]nc(-c3nc4ccccc4[nH]3)c2c1.c1ccc2[nH]c(-c3n[nH]c4ccccc34)nc2c1. The summed E-state index contributed by atoms with van der Waals surface area (Å²) in [6, 6.07) is 82.8. The van der Waals surface area contributed by atoms with E-state index in [0.29, 0.717) is 68.5 Å². The van der Waals surface area contributed by atoms with Gasteiger partial charge in [0.1, 0.15) is 34.2 Å². The van der Waals surface area contributed by atoms with Crippen LogP contribution in [0.3, 0.4) is 0 Å². The quantitative estimate of drug-likeness (QED) is 0.0566. The Labute approximate surface area is 781 Å². The molecular weight excluding hydrogens is 1740 g/mol. The van der Waals surface area contributed by atoms with Gasteiger partial charge in [0.05, 0.1) is 106 Å². The summed E-state index contributed by atoms with van der Waals surface area (Å²) in [4.78, 5) is 124. The molecule has 138 heavy (non-hydrogen) atoms. The number of nitrogens with two attached hydrogens (primary N) is 1. The Kier molecular flexibility index (Phi) is 24.0. The van der Waals surface area contributed by atoms with Gasteiger partial charge in [0, 0.05) is 108 Å². The lowest BCUT2D eigenvalue weighted by Gasteiger charge is -2.32. The fourth-order valence-corrected chi connectivity index (χ4v) is 16.8. The second-order valence-corrected chi connectivity index (χ2v) is 33.1. The third-order valence-electron chi connectivity index (χ3n) is 23.9. The molecule has 678 valence electrons. The van der Waals surface area contributed by atoms with Gasteiger partial charge in [-0.1, -0.05) is 97.1 Å². The van der Waals surface area contributed by atoms with Crippen LogP contribution >= 0.6 is 0 Å². The number of rotatable bonds is 10. The van der Waals surface area contributed by atoms with Crippen LogP contribution in [0.4, 0.5) is 5.69 Å². The van der Waals surface area contributed by atoms with E-state index in [0.717, 1.165) is 212 Å². The van der Waals surface area contributed by atoms with Crippen LogP contribution in [0.15, 0.2) is 261 Å². The Morgan fingerprint density at radius 3 is 0.899 bits per heavy atom. The van der Waals surface area contributed by atoms with Crippen molar-refractivity contribution in [3.63, 3.8) is 0 Å². The first-order chi connectivity index (χ1) is 67.5. The second kappa shape index (κ2) is 38.1. The van der Waals surface area contributed by atoms with Gasteiger partial charge in [0.15, 0.2) is 40.6 Å². The van der Waals surface area contributed by atoms with E-state index in [9.17, 15) is 19.2 Å². The number of hydrogen-bond donors (Lipinski definition) is 13. The molecule has 36 nitrogen and oxygen atoms in total. The number of benzene rings is 12. The maximum atomic E-state index is 12.9.